The van der Waals surface area contributed by atoms with Crippen LogP contribution in [0.4, 0.5) is 0 Å². The number of aliphatic hydroxyl groups is 1. The predicted molar refractivity (Wildman–Crippen MR) is 223 cm³/mol. The van der Waals surface area contributed by atoms with Gasteiger partial charge in [0.1, 0.15) is 0 Å². The van der Waals surface area contributed by atoms with Gasteiger partial charge in [0.25, 0.3) is 0 Å². The molecule has 0 rings (SSSR count). The van der Waals surface area contributed by atoms with Gasteiger partial charge >= 0.3 is 7.82 Å². The fraction of sp³-hybridized carbons (Fsp3) is 0.886. The van der Waals surface area contributed by atoms with Gasteiger partial charge in [-0.25, -0.2) is 4.57 Å². The minimum Gasteiger partial charge on any atom is -0.387 e. The van der Waals surface area contributed by atoms with Crippen molar-refractivity contribution in [2.75, 3.05) is 6.61 Å². The van der Waals surface area contributed by atoms with Crippen LogP contribution >= 0.6 is 7.82 Å². The number of amides is 1. The molecule has 0 unspecified atom stereocenters. The van der Waals surface area contributed by atoms with E-state index in [1.807, 2.05) is 6.08 Å². The first kappa shape index (κ1) is 51.0. The summed E-state index contributed by atoms with van der Waals surface area (Å²) >= 11 is 0. The average molecular weight is 756 g/mol. The lowest BCUT2D eigenvalue weighted by Gasteiger charge is -2.22. The Morgan fingerprint density at radius 2 is 0.865 bits per heavy atom. The Morgan fingerprint density at radius 1 is 0.538 bits per heavy atom. The molecule has 0 heterocycles. The van der Waals surface area contributed by atoms with Crippen molar-refractivity contribution in [3.05, 3.63) is 24.3 Å². The Morgan fingerprint density at radius 3 is 1.23 bits per heavy atom. The van der Waals surface area contributed by atoms with Gasteiger partial charge < -0.3 is 20.2 Å². The SMILES string of the molecule is CCCCCCCC/C=C/CCCCCCCCCCCCCCCC(=O)N[C@@H](COP(=O)(O)O)[C@H](O)/C=C/CCCCCCCCCCCCC. The van der Waals surface area contributed by atoms with E-state index in [2.05, 4.69) is 35.8 Å². The maximum Gasteiger partial charge on any atom is 0.469 e. The third-order valence-electron chi connectivity index (χ3n) is 10.2. The number of phosphoric acid groups is 1. The van der Waals surface area contributed by atoms with Crippen molar-refractivity contribution in [2.24, 2.45) is 0 Å². The molecular formula is C44H86NO6P. The molecule has 0 aliphatic rings. The van der Waals surface area contributed by atoms with Gasteiger partial charge in [-0.15, -0.1) is 0 Å². The van der Waals surface area contributed by atoms with E-state index in [1.54, 1.807) is 6.08 Å². The first-order valence-corrected chi connectivity index (χ1v) is 23.8. The van der Waals surface area contributed by atoms with E-state index in [-0.39, 0.29) is 5.91 Å². The van der Waals surface area contributed by atoms with Crippen LogP contribution in [0.15, 0.2) is 24.3 Å². The zero-order chi connectivity index (χ0) is 38.2. The molecule has 0 fully saturated rings. The quantitative estimate of drug-likeness (QED) is 0.0280. The van der Waals surface area contributed by atoms with Gasteiger partial charge in [-0.1, -0.05) is 205 Å². The highest BCUT2D eigenvalue weighted by molar-refractivity contribution is 7.46. The van der Waals surface area contributed by atoms with Crippen LogP contribution in [-0.2, 0) is 13.9 Å². The molecule has 0 aliphatic heterocycles. The molecule has 0 spiro atoms. The smallest absolute Gasteiger partial charge is 0.387 e. The Hall–Kier alpha value is -0.980. The van der Waals surface area contributed by atoms with Crippen molar-refractivity contribution in [2.45, 2.75) is 244 Å². The minimum absolute atomic E-state index is 0.225. The molecule has 52 heavy (non-hydrogen) atoms. The maximum absolute atomic E-state index is 12.6. The van der Waals surface area contributed by atoms with Crippen LogP contribution in [0.5, 0.6) is 0 Å². The Balaban J connectivity index is 3.85. The Kier molecular flexibility index (Phi) is 39.0. The van der Waals surface area contributed by atoms with E-state index in [0.717, 1.165) is 38.5 Å². The van der Waals surface area contributed by atoms with E-state index in [1.165, 1.54) is 173 Å². The molecule has 7 nitrogen and oxygen atoms in total. The predicted octanol–water partition coefficient (Wildman–Crippen LogP) is 13.4. The second-order valence-corrected chi connectivity index (χ2v) is 16.6. The molecule has 8 heteroatoms. The third kappa shape index (κ3) is 40.2. The third-order valence-corrected chi connectivity index (χ3v) is 10.6. The fourth-order valence-corrected chi connectivity index (χ4v) is 7.10. The highest BCUT2D eigenvalue weighted by Gasteiger charge is 2.24. The van der Waals surface area contributed by atoms with E-state index in [4.69, 9.17) is 9.79 Å². The molecule has 0 aromatic carbocycles. The normalized spacial score (nSPS) is 13.4. The van der Waals surface area contributed by atoms with E-state index >= 15 is 0 Å². The number of carbonyl (C=O) groups excluding carboxylic acids is 1. The number of carbonyl (C=O) groups is 1. The molecule has 0 saturated heterocycles. The number of rotatable bonds is 41. The van der Waals surface area contributed by atoms with Crippen LogP contribution in [0.25, 0.3) is 0 Å². The molecule has 0 bridgehead atoms. The largest absolute Gasteiger partial charge is 0.469 e. The summed E-state index contributed by atoms with van der Waals surface area (Å²) < 4.78 is 15.9. The van der Waals surface area contributed by atoms with Crippen molar-refractivity contribution < 1.29 is 28.8 Å². The second-order valence-electron chi connectivity index (χ2n) is 15.4. The van der Waals surface area contributed by atoms with Crippen LogP contribution in [-0.4, -0.2) is 39.6 Å². The average Bonchev–Trinajstić information content (AvgIpc) is 3.11. The van der Waals surface area contributed by atoms with Crippen LogP contribution in [0.3, 0.4) is 0 Å². The monoisotopic (exact) mass is 756 g/mol. The minimum atomic E-state index is -4.71. The summed E-state index contributed by atoms with van der Waals surface area (Å²) in [6.45, 7) is 4.07. The second kappa shape index (κ2) is 39.7. The van der Waals surface area contributed by atoms with Crippen molar-refractivity contribution in [3.63, 3.8) is 0 Å². The standard InChI is InChI=1S/C44H86NO6P/c1-3-5-7-9-11-13-15-17-18-19-20-21-22-23-24-25-26-28-30-32-34-36-38-40-44(47)45-42(41-51-52(48,49)50)43(46)39-37-35-33-31-29-27-16-14-12-10-8-6-4-2/h17-18,37,39,42-43,46H,3-16,19-36,38,40-41H2,1-2H3,(H,45,47)(H2,48,49,50)/b18-17+,39-37+/t42-,43+/m0/s1. The summed E-state index contributed by atoms with van der Waals surface area (Å²) in [6.07, 6.45) is 49.2. The van der Waals surface area contributed by atoms with Crippen molar-refractivity contribution in [3.8, 4) is 0 Å². The molecular weight excluding hydrogens is 669 g/mol. The number of allylic oxidation sites excluding steroid dienone is 3. The summed E-state index contributed by atoms with van der Waals surface area (Å²) in [6, 6.07) is -0.907. The van der Waals surface area contributed by atoms with Gasteiger partial charge in [0.15, 0.2) is 0 Å². The van der Waals surface area contributed by atoms with Crippen LogP contribution < -0.4 is 5.32 Å². The van der Waals surface area contributed by atoms with Gasteiger partial charge in [-0.3, -0.25) is 9.32 Å². The zero-order valence-electron chi connectivity index (χ0n) is 34.2. The van der Waals surface area contributed by atoms with E-state index in [0.29, 0.717) is 6.42 Å². The maximum atomic E-state index is 12.6. The molecule has 0 aromatic rings. The molecule has 0 aromatic heterocycles. The van der Waals surface area contributed by atoms with Gasteiger partial charge in [0, 0.05) is 6.42 Å². The highest BCUT2D eigenvalue weighted by Crippen LogP contribution is 2.35. The zero-order valence-corrected chi connectivity index (χ0v) is 35.1. The molecule has 0 aliphatic carbocycles. The lowest BCUT2D eigenvalue weighted by Crippen LogP contribution is -2.45. The number of unbranched alkanes of at least 4 members (excludes halogenated alkanes) is 30. The molecule has 0 radical (unpaired) electrons. The summed E-state index contributed by atoms with van der Waals surface area (Å²) in [5, 5.41) is 13.4. The van der Waals surface area contributed by atoms with Gasteiger partial charge in [0.05, 0.1) is 18.8 Å². The van der Waals surface area contributed by atoms with E-state index < -0.39 is 26.6 Å². The molecule has 308 valence electrons. The number of aliphatic hydroxyl groups excluding tert-OH is 1. The lowest BCUT2D eigenvalue weighted by molar-refractivity contribution is -0.123. The van der Waals surface area contributed by atoms with Crippen molar-refractivity contribution in [1.29, 1.82) is 0 Å². The first-order chi connectivity index (χ1) is 25.3. The molecule has 2 atom stereocenters. The highest BCUT2D eigenvalue weighted by atomic mass is 31.2. The van der Waals surface area contributed by atoms with Crippen molar-refractivity contribution >= 4 is 13.7 Å². The summed E-state index contributed by atoms with van der Waals surface area (Å²) in [5.41, 5.74) is 0. The number of phosphoric ester groups is 1. The van der Waals surface area contributed by atoms with Gasteiger partial charge in [0.2, 0.25) is 5.91 Å². The topological polar surface area (TPSA) is 116 Å². The lowest BCUT2D eigenvalue weighted by atomic mass is 10.0. The Bertz CT molecular complexity index is 860. The Labute approximate surface area is 322 Å². The van der Waals surface area contributed by atoms with E-state index in [9.17, 15) is 14.5 Å². The van der Waals surface area contributed by atoms with Crippen LogP contribution in [0, 0.1) is 0 Å². The van der Waals surface area contributed by atoms with Crippen molar-refractivity contribution in [1.82, 2.24) is 5.32 Å². The fourth-order valence-electron chi connectivity index (χ4n) is 6.75. The number of nitrogens with one attached hydrogen (secondary N) is 1. The van der Waals surface area contributed by atoms with Gasteiger partial charge in [-0.05, 0) is 44.9 Å². The molecule has 1 amide bonds. The number of hydrogen-bond donors (Lipinski definition) is 4. The summed E-state index contributed by atoms with van der Waals surface area (Å²) in [4.78, 5) is 30.9. The molecule has 4 N–H and O–H groups in total. The molecule has 0 saturated carbocycles. The first-order valence-electron chi connectivity index (χ1n) is 22.3. The van der Waals surface area contributed by atoms with Crippen LogP contribution in [0.1, 0.15) is 232 Å². The van der Waals surface area contributed by atoms with Crippen LogP contribution in [0.2, 0.25) is 0 Å². The summed E-state index contributed by atoms with van der Waals surface area (Å²) in [7, 11) is -4.71. The van der Waals surface area contributed by atoms with Gasteiger partial charge in [-0.2, -0.15) is 0 Å². The number of hydrogen-bond acceptors (Lipinski definition) is 4. The summed E-state index contributed by atoms with van der Waals surface area (Å²) in [5.74, 6) is -0.225.